The minimum atomic E-state index is -0.224. The minimum Gasteiger partial charge on any atom is -0.496 e. The molecule has 0 amide bonds. The fourth-order valence-corrected chi connectivity index (χ4v) is 2.92. The molecular formula is C21H29FN4O. The van der Waals surface area contributed by atoms with Crippen molar-refractivity contribution in [2.24, 2.45) is 4.99 Å². The van der Waals surface area contributed by atoms with Gasteiger partial charge >= 0.3 is 0 Å². The molecule has 0 heterocycles. The molecule has 2 N–H and O–H groups in total. The largest absolute Gasteiger partial charge is 0.496 e. The zero-order valence-electron chi connectivity index (χ0n) is 16.5. The Morgan fingerprint density at radius 1 is 1.11 bits per heavy atom. The van der Waals surface area contributed by atoms with E-state index in [0.29, 0.717) is 6.54 Å². The summed E-state index contributed by atoms with van der Waals surface area (Å²) in [5.41, 5.74) is 2.21. The number of hydrogen-bond donors (Lipinski definition) is 2. The Labute approximate surface area is 161 Å². The van der Waals surface area contributed by atoms with Crippen LogP contribution < -0.4 is 15.4 Å². The van der Waals surface area contributed by atoms with Gasteiger partial charge in [-0.05, 0) is 49.8 Å². The topological polar surface area (TPSA) is 48.9 Å². The van der Waals surface area contributed by atoms with Gasteiger partial charge in [-0.25, -0.2) is 4.39 Å². The number of para-hydroxylation sites is 1. The number of rotatable bonds is 8. The molecule has 2 rings (SSSR count). The molecule has 0 spiro atoms. The van der Waals surface area contributed by atoms with Crippen molar-refractivity contribution in [2.45, 2.75) is 12.5 Å². The van der Waals surface area contributed by atoms with Gasteiger partial charge in [0.05, 0.1) is 13.2 Å². The number of aliphatic imine (C=N–C) groups is 1. The van der Waals surface area contributed by atoms with E-state index in [-0.39, 0.29) is 11.9 Å². The molecular weight excluding hydrogens is 343 g/mol. The summed E-state index contributed by atoms with van der Waals surface area (Å²) in [6.07, 6.45) is 0.833. The van der Waals surface area contributed by atoms with Gasteiger partial charge in [0.1, 0.15) is 11.6 Å². The van der Waals surface area contributed by atoms with Crippen LogP contribution in [0.4, 0.5) is 4.39 Å². The van der Waals surface area contributed by atoms with Crippen molar-refractivity contribution in [1.29, 1.82) is 0 Å². The number of likely N-dealkylation sites (N-methyl/N-ethyl adjacent to an activating group) is 1. The smallest absolute Gasteiger partial charge is 0.191 e. The molecule has 0 bridgehead atoms. The van der Waals surface area contributed by atoms with Gasteiger partial charge in [-0.3, -0.25) is 4.99 Å². The zero-order valence-corrected chi connectivity index (χ0v) is 16.5. The first-order chi connectivity index (χ1) is 13.0. The summed E-state index contributed by atoms with van der Waals surface area (Å²) < 4.78 is 18.6. The van der Waals surface area contributed by atoms with Crippen molar-refractivity contribution in [3.05, 3.63) is 65.5 Å². The van der Waals surface area contributed by atoms with E-state index >= 15 is 0 Å². The van der Waals surface area contributed by atoms with Crippen molar-refractivity contribution >= 4 is 5.96 Å². The third kappa shape index (κ3) is 6.25. The molecule has 6 heteroatoms. The van der Waals surface area contributed by atoms with Crippen LogP contribution in [0.25, 0.3) is 0 Å². The summed E-state index contributed by atoms with van der Waals surface area (Å²) in [6.45, 7) is 1.40. The van der Waals surface area contributed by atoms with Crippen LogP contribution in [0.2, 0.25) is 0 Å². The highest BCUT2D eigenvalue weighted by Gasteiger charge is 2.14. The number of methoxy groups -OCH3 is 1. The van der Waals surface area contributed by atoms with Crippen LogP contribution in [-0.4, -0.2) is 52.2 Å². The Balaban J connectivity index is 1.89. The summed E-state index contributed by atoms with van der Waals surface area (Å²) >= 11 is 0. The lowest BCUT2D eigenvalue weighted by molar-refractivity contribution is 0.298. The van der Waals surface area contributed by atoms with Crippen molar-refractivity contribution < 1.29 is 9.13 Å². The van der Waals surface area contributed by atoms with Gasteiger partial charge < -0.3 is 20.3 Å². The molecule has 5 nitrogen and oxygen atoms in total. The SMILES string of the molecule is CN=C(NCCc1ccccc1OC)NCC(c1ccc(F)cc1)N(C)C. The molecule has 1 atom stereocenters. The number of hydrogen-bond acceptors (Lipinski definition) is 3. The maximum absolute atomic E-state index is 13.2. The zero-order chi connectivity index (χ0) is 19.6. The summed E-state index contributed by atoms with van der Waals surface area (Å²) in [6, 6.07) is 14.7. The van der Waals surface area contributed by atoms with Gasteiger partial charge in [-0.2, -0.15) is 0 Å². The maximum atomic E-state index is 13.2. The molecule has 146 valence electrons. The number of benzene rings is 2. The van der Waals surface area contributed by atoms with Gasteiger partial charge in [0.15, 0.2) is 5.96 Å². The van der Waals surface area contributed by atoms with Crippen molar-refractivity contribution in [2.75, 3.05) is 41.3 Å². The van der Waals surface area contributed by atoms with E-state index in [1.807, 2.05) is 44.4 Å². The first-order valence-corrected chi connectivity index (χ1v) is 9.03. The first kappa shape index (κ1) is 20.7. The lowest BCUT2D eigenvalue weighted by atomic mass is 10.1. The maximum Gasteiger partial charge on any atom is 0.191 e. The Bertz CT molecular complexity index is 731. The second-order valence-electron chi connectivity index (χ2n) is 6.47. The van der Waals surface area contributed by atoms with Gasteiger partial charge in [0.2, 0.25) is 0 Å². The Hall–Kier alpha value is -2.60. The average Bonchev–Trinajstić information content (AvgIpc) is 2.68. The molecule has 0 aliphatic heterocycles. The molecule has 0 fully saturated rings. The molecule has 0 radical (unpaired) electrons. The molecule has 2 aromatic rings. The van der Waals surface area contributed by atoms with Crippen LogP contribution >= 0.6 is 0 Å². The molecule has 1 unspecified atom stereocenters. The van der Waals surface area contributed by atoms with E-state index in [4.69, 9.17) is 4.74 Å². The van der Waals surface area contributed by atoms with E-state index in [1.54, 1.807) is 14.2 Å². The van der Waals surface area contributed by atoms with E-state index in [1.165, 1.54) is 12.1 Å². The highest BCUT2D eigenvalue weighted by molar-refractivity contribution is 5.79. The third-order valence-corrected chi connectivity index (χ3v) is 4.44. The van der Waals surface area contributed by atoms with E-state index < -0.39 is 0 Å². The normalized spacial score (nSPS) is 12.7. The summed E-state index contributed by atoms with van der Waals surface area (Å²) in [7, 11) is 7.45. The highest BCUT2D eigenvalue weighted by atomic mass is 19.1. The third-order valence-electron chi connectivity index (χ3n) is 4.44. The lowest BCUT2D eigenvalue weighted by Crippen LogP contribution is -2.42. The first-order valence-electron chi connectivity index (χ1n) is 9.03. The summed E-state index contributed by atoms with van der Waals surface area (Å²) in [4.78, 5) is 6.39. The van der Waals surface area contributed by atoms with Crippen molar-refractivity contribution in [1.82, 2.24) is 15.5 Å². The van der Waals surface area contributed by atoms with Crippen LogP contribution in [0.5, 0.6) is 5.75 Å². The van der Waals surface area contributed by atoms with Crippen LogP contribution in [0.3, 0.4) is 0 Å². The summed E-state index contributed by atoms with van der Waals surface area (Å²) in [5, 5.41) is 6.68. The number of nitrogens with zero attached hydrogens (tertiary/aromatic N) is 2. The molecule has 0 saturated heterocycles. The molecule has 0 aliphatic carbocycles. The Kier molecular flexibility index (Phi) is 8.07. The van der Waals surface area contributed by atoms with Crippen LogP contribution in [-0.2, 0) is 6.42 Å². The number of guanidine groups is 1. The number of halogens is 1. The molecule has 27 heavy (non-hydrogen) atoms. The number of nitrogens with one attached hydrogen (secondary N) is 2. The van der Waals surface area contributed by atoms with Gasteiger partial charge in [-0.15, -0.1) is 0 Å². The quantitative estimate of drug-likeness (QED) is 0.553. The average molecular weight is 372 g/mol. The molecule has 2 aromatic carbocycles. The van der Waals surface area contributed by atoms with Crippen LogP contribution in [0.1, 0.15) is 17.2 Å². The van der Waals surface area contributed by atoms with E-state index in [0.717, 1.165) is 35.8 Å². The highest BCUT2D eigenvalue weighted by Crippen LogP contribution is 2.18. The monoisotopic (exact) mass is 372 g/mol. The van der Waals surface area contributed by atoms with Crippen molar-refractivity contribution in [3.63, 3.8) is 0 Å². The Morgan fingerprint density at radius 2 is 1.81 bits per heavy atom. The predicted octanol–water partition coefficient (Wildman–Crippen LogP) is 2.84. The predicted molar refractivity (Wildman–Crippen MR) is 109 cm³/mol. The lowest BCUT2D eigenvalue weighted by Gasteiger charge is -2.26. The fraction of sp³-hybridized carbons (Fsp3) is 0.381. The second kappa shape index (κ2) is 10.5. The minimum absolute atomic E-state index is 0.110. The van der Waals surface area contributed by atoms with Crippen LogP contribution in [0.15, 0.2) is 53.5 Å². The Morgan fingerprint density at radius 3 is 2.44 bits per heavy atom. The van der Waals surface area contributed by atoms with E-state index in [2.05, 4.69) is 26.6 Å². The fourth-order valence-electron chi connectivity index (χ4n) is 2.92. The number of ether oxygens (including phenoxy) is 1. The van der Waals surface area contributed by atoms with Crippen molar-refractivity contribution in [3.8, 4) is 5.75 Å². The van der Waals surface area contributed by atoms with Gasteiger partial charge in [0.25, 0.3) is 0 Å². The molecule has 0 aliphatic rings. The molecule has 0 saturated carbocycles. The molecule has 0 aromatic heterocycles. The van der Waals surface area contributed by atoms with E-state index in [9.17, 15) is 4.39 Å². The second-order valence-corrected chi connectivity index (χ2v) is 6.47. The van der Waals surface area contributed by atoms with Gasteiger partial charge in [0, 0.05) is 20.1 Å². The van der Waals surface area contributed by atoms with Gasteiger partial charge in [-0.1, -0.05) is 30.3 Å². The standard InChI is InChI=1S/C21H29FN4O/c1-23-21(24-14-13-17-7-5-6-8-20(17)27-4)25-15-19(26(2)3)16-9-11-18(22)12-10-16/h5-12,19H,13-15H2,1-4H3,(H2,23,24,25). The van der Waals surface area contributed by atoms with Crippen LogP contribution in [0, 0.1) is 5.82 Å². The summed E-state index contributed by atoms with van der Waals surface area (Å²) in [5.74, 6) is 1.41.